The van der Waals surface area contributed by atoms with Crippen molar-refractivity contribution < 1.29 is 14.6 Å². The summed E-state index contributed by atoms with van der Waals surface area (Å²) in [6.45, 7) is 3.66. The molecule has 2 aromatic rings. The molecule has 1 fully saturated rings. The molecule has 9 heteroatoms. The van der Waals surface area contributed by atoms with E-state index < -0.39 is 5.60 Å². The van der Waals surface area contributed by atoms with E-state index in [1.165, 1.54) is 17.8 Å². The number of methoxy groups -OCH3 is 1. The molecule has 1 amide bonds. The summed E-state index contributed by atoms with van der Waals surface area (Å²) in [5, 5.41) is 28.6. The van der Waals surface area contributed by atoms with Gasteiger partial charge in [0.2, 0.25) is 0 Å². The van der Waals surface area contributed by atoms with Crippen molar-refractivity contribution in [3.63, 3.8) is 0 Å². The van der Waals surface area contributed by atoms with Gasteiger partial charge < -0.3 is 25.9 Å². The molecule has 2 aliphatic carbocycles. The maximum absolute atomic E-state index is 12.8. The first-order chi connectivity index (χ1) is 14.8. The third kappa shape index (κ3) is 4.22. The lowest BCUT2D eigenvalue weighted by atomic mass is 9.71. The molecule has 9 nitrogen and oxygen atoms in total. The number of ether oxygens (including phenoxy) is 1. The smallest absolute Gasteiger partial charge is 0.261 e. The molecule has 0 radical (unpaired) electrons. The number of aliphatic hydroxyl groups is 1. The molecule has 1 saturated carbocycles. The van der Waals surface area contributed by atoms with Crippen molar-refractivity contribution in [3.8, 4) is 0 Å². The highest BCUT2D eigenvalue weighted by Crippen LogP contribution is 2.36. The van der Waals surface area contributed by atoms with Gasteiger partial charge in [0.1, 0.15) is 11.3 Å². The van der Waals surface area contributed by atoms with Crippen LogP contribution < -0.4 is 10.6 Å². The fourth-order valence-corrected chi connectivity index (χ4v) is 3.70. The minimum Gasteiger partial charge on any atom is -0.494 e. The molecule has 31 heavy (non-hydrogen) atoms. The minimum atomic E-state index is -0.677. The summed E-state index contributed by atoms with van der Waals surface area (Å²) >= 11 is 0. The van der Waals surface area contributed by atoms with Gasteiger partial charge in [0, 0.05) is 36.3 Å². The number of carbonyl (C=O) groups excluding carboxylic acids is 1. The monoisotopic (exact) mass is 422 g/mol. The molecule has 4 rings (SSSR count). The van der Waals surface area contributed by atoms with Gasteiger partial charge in [-0.25, -0.2) is 9.50 Å². The predicted molar refractivity (Wildman–Crippen MR) is 115 cm³/mol. The first kappa shape index (κ1) is 20.8. The highest BCUT2D eigenvalue weighted by atomic mass is 16.5. The van der Waals surface area contributed by atoms with Crippen LogP contribution in [0.4, 0.5) is 0 Å². The van der Waals surface area contributed by atoms with E-state index in [4.69, 9.17) is 10.1 Å². The number of hydrogen-bond acceptors (Lipinski definition) is 7. The van der Waals surface area contributed by atoms with E-state index in [-0.39, 0.29) is 23.6 Å². The molecular weight excluding hydrogens is 396 g/mol. The lowest BCUT2D eigenvalue weighted by Gasteiger charge is -2.42. The first-order valence-electron chi connectivity index (χ1n) is 10.1. The predicted octanol–water partition coefficient (Wildman–Crippen LogP) is 1.93. The highest BCUT2D eigenvalue weighted by molar-refractivity contribution is 6.11. The van der Waals surface area contributed by atoms with Crippen LogP contribution in [0.2, 0.25) is 0 Å². The van der Waals surface area contributed by atoms with Crippen LogP contribution in [0.5, 0.6) is 0 Å². The van der Waals surface area contributed by atoms with Gasteiger partial charge >= 0.3 is 0 Å². The fourth-order valence-electron chi connectivity index (χ4n) is 3.70. The van der Waals surface area contributed by atoms with Crippen molar-refractivity contribution in [1.29, 1.82) is 5.41 Å². The number of nitrogens with zero attached hydrogens (tertiary/aromatic N) is 3. The summed E-state index contributed by atoms with van der Waals surface area (Å²) in [4.78, 5) is 17.1. The molecule has 2 heterocycles. The number of allylic oxidation sites excluding steroid dienone is 3. The van der Waals surface area contributed by atoms with Crippen LogP contribution in [-0.4, -0.2) is 50.1 Å². The normalized spacial score (nSPS) is 22.6. The second-order valence-electron chi connectivity index (χ2n) is 8.37. The lowest BCUT2D eigenvalue weighted by Crippen LogP contribution is -2.48. The van der Waals surface area contributed by atoms with Crippen LogP contribution in [0.15, 0.2) is 60.0 Å². The SMILES string of the molecule is COC1=CC(=N)/C(=C\NC2CC(C(C)(C)O)C2)C=C1NC(=O)c1cnn2cccnc12. The van der Waals surface area contributed by atoms with Crippen LogP contribution in [0.1, 0.15) is 37.0 Å². The van der Waals surface area contributed by atoms with E-state index in [9.17, 15) is 9.90 Å². The number of rotatable bonds is 6. The zero-order valence-corrected chi connectivity index (χ0v) is 17.7. The number of amides is 1. The summed E-state index contributed by atoms with van der Waals surface area (Å²) < 4.78 is 6.89. The van der Waals surface area contributed by atoms with Crippen molar-refractivity contribution in [1.82, 2.24) is 25.2 Å². The lowest BCUT2D eigenvalue weighted by molar-refractivity contribution is -0.0298. The van der Waals surface area contributed by atoms with Gasteiger partial charge in [-0.15, -0.1) is 0 Å². The van der Waals surface area contributed by atoms with E-state index >= 15 is 0 Å². The largest absolute Gasteiger partial charge is 0.494 e. The van der Waals surface area contributed by atoms with Gasteiger partial charge in [-0.2, -0.15) is 5.10 Å². The Morgan fingerprint density at radius 3 is 2.87 bits per heavy atom. The van der Waals surface area contributed by atoms with Crippen molar-refractivity contribution in [2.45, 2.75) is 38.3 Å². The van der Waals surface area contributed by atoms with E-state index in [1.807, 2.05) is 13.8 Å². The van der Waals surface area contributed by atoms with Crippen LogP contribution >= 0.6 is 0 Å². The van der Waals surface area contributed by atoms with Crippen LogP contribution in [-0.2, 0) is 4.74 Å². The van der Waals surface area contributed by atoms with Crippen LogP contribution in [0, 0.1) is 11.3 Å². The average molecular weight is 422 g/mol. The summed E-state index contributed by atoms with van der Waals surface area (Å²) in [7, 11) is 1.49. The van der Waals surface area contributed by atoms with Gasteiger partial charge in [-0.1, -0.05) is 0 Å². The molecule has 162 valence electrons. The molecule has 2 aromatic heterocycles. The molecule has 2 aliphatic rings. The Hall–Kier alpha value is -3.46. The van der Waals surface area contributed by atoms with E-state index in [0.717, 1.165) is 12.8 Å². The van der Waals surface area contributed by atoms with Gasteiger partial charge in [0.15, 0.2) is 5.65 Å². The number of hydrogen-bond donors (Lipinski definition) is 4. The summed E-state index contributed by atoms with van der Waals surface area (Å²) in [5.41, 5.74) is 1.47. The number of aromatic nitrogens is 3. The molecule has 4 N–H and O–H groups in total. The number of fused-ring (bicyclic) bond motifs is 1. The molecule has 0 spiro atoms. The van der Waals surface area contributed by atoms with Gasteiger partial charge in [-0.05, 0) is 44.7 Å². The van der Waals surface area contributed by atoms with Crippen LogP contribution in [0.25, 0.3) is 5.65 Å². The molecule has 0 aromatic carbocycles. The van der Waals surface area contributed by atoms with Crippen molar-refractivity contribution in [2.75, 3.05) is 7.11 Å². The van der Waals surface area contributed by atoms with Gasteiger partial charge in [0.25, 0.3) is 5.91 Å². The fraction of sp³-hybridized carbons (Fsp3) is 0.364. The Bertz CT molecular complexity index is 1120. The molecular formula is C22H26N6O3. The van der Waals surface area contributed by atoms with Gasteiger partial charge in [-0.3, -0.25) is 4.79 Å². The Labute approximate surface area is 180 Å². The van der Waals surface area contributed by atoms with Crippen molar-refractivity contribution >= 4 is 17.3 Å². The number of carbonyl (C=O) groups is 1. The third-order valence-corrected chi connectivity index (χ3v) is 5.76. The van der Waals surface area contributed by atoms with Crippen molar-refractivity contribution in [2.24, 2.45) is 5.92 Å². The Morgan fingerprint density at radius 2 is 2.16 bits per heavy atom. The first-order valence-corrected chi connectivity index (χ1v) is 10.1. The third-order valence-electron chi connectivity index (χ3n) is 5.76. The topological polar surface area (TPSA) is 125 Å². The minimum absolute atomic E-state index is 0.251. The molecule has 0 unspecified atom stereocenters. The van der Waals surface area contributed by atoms with Crippen LogP contribution in [0.3, 0.4) is 0 Å². The van der Waals surface area contributed by atoms with E-state index in [2.05, 4.69) is 20.7 Å². The Kier molecular flexibility index (Phi) is 5.36. The summed E-state index contributed by atoms with van der Waals surface area (Å²) in [6.07, 6.45) is 11.6. The zero-order valence-electron chi connectivity index (χ0n) is 17.7. The second-order valence-corrected chi connectivity index (χ2v) is 8.37. The number of nitrogens with one attached hydrogen (secondary N) is 3. The van der Waals surface area contributed by atoms with Crippen molar-refractivity contribution in [3.05, 3.63) is 65.6 Å². The summed E-state index contributed by atoms with van der Waals surface area (Å²) in [6, 6.07) is 1.99. The van der Waals surface area contributed by atoms with E-state index in [0.29, 0.717) is 28.2 Å². The maximum atomic E-state index is 12.8. The van der Waals surface area contributed by atoms with E-state index in [1.54, 1.807) is 36.8 Å². The van der Waals surface area contributed by atoms with Gasteiger partial charge in [0.05, 0.1) is 30.3 Å². The molecule has 0 atom stereocenters. The highest BCUT2D eigenvalue weighted by Gasteiger charge is 2.38. The molecule has 0 aliphatic heterocycles. The quantitative estimate of drug-likeness (QED) is 0.564. The summed E-state index contributed by atoms with van der Waals surface area (Å²) in [5.74, 6) is 0.292. The Morgan fingerprint density at radius 1 is 1.39 bits per heavy atom. The average Bonchev–Trinajstić information content (AvgIpc) is 3.12. The standard InChI is InChI=1S/C22H26N6O3/c1-22(2,30)14-8-15(9-14)25-11-13-7-18(19(31-3)10-17(13)23)27-21(29)16-12-26-28-6-4-5-24-20(16)28/h4-7,10-12,14-15,23,25,30H,8-9H2,1-3H3,(H,27,29)/b13-11-,23-17?. The zero-order chi connectivity index (χ0) is 22.2. The second kappa shape index (κ2) is 7.99. The maximum Gasteiger partial charge on any atom is 0.261 e. The molecule has 0 saturated heterocycles. The Balaban J connectivity index is 1.49. The molecule has 0 bridgehead atoms.